The van der Waals surface area contributed by atoms with Crippen LogP contribution >= 0.6 is 11.3 Å². The van der Waals surface area contributed by atoms with Crippen LogP contribution in [0.5, 0.6) is 0 Å². The summed E-state index contributed by atoms with van der Waals surface area (Å²) in [5, 5.41) is 8.75. The van der Waals surface area contributed by atoms with Gasteiger partial charge >= 0.3 is 0 Å². The van der Waals surface area contributed by atoms with Gasteiger partial charge in [-0.05, 0) is 36.2 Å². The van der Waals surface area contributed by atoms with Gasteiger partial charge in [-0.15, -0.1) is 0 Å². The molecule has 0 saturated carbocycles. The summed E-state index contributed by atoms with van der Waals surface area (Å²) in [6, 6.07) is 13.4. The van der Waals surface area contributed by atoms with Gasteiger partial charge in [-0.25, -0.2) is 4.98 Å². The van der Waals surface area contributed by atoms with Crippen molar-refractivity contribution in [1.29, 1.82) is 0 Å². The zero-order chi connectivity index (χ0) is 21.0. The molecule has 0 radical (unpaired) electrons. The molecular formula is C21H22N4O3S. The van der Waals surface area contributed by atoms with Gasteiger partial charge in [0.1, 0.15) is 6.04 Å². The smallest absolute Gasteiger partial charge is 0.251 e. The van der Waals surface area contributed by atoms with Crippen LogP contribution in [0.15, 0.2) is 48.5 Å². The van der Waals surface area contributed by atoms with Crippen molar-refractivity contribution >= 4 is 50.1 Å². The third-order valence-electron chi connectivity index (χ3n) is 4.21. The number of anilines is 2. The molecule has 3 rings (SSSR count). The van der Waals surface area contributed by atoms with Crippen LogP contribution in [0.1, 0.15) is 31.1 Å². The monoisotopic (exact) mass is 410 g/mol. The third-order valence-corrected chi connectivity index (χ3v) is 5.14. The van der Waals surface area contributed by atoms with E-state index in [1.807, 2.05) is 19.9 Å². The molecule has 3 aromatic rings. The molecule has 3 amide bonds. The fourth-order valence-corrected chi connectivity index (χ4v) is 3.70. The van der Waals surface area contributed by atoms with Crippen molar-refractivity contribution in [1.82, 2.24) is 10.3 Å². The molecule has 0 aliphatic rings. The molecule has 0 fully saturated rings. The van der Waals surface area contributed by atoms with Gasteiger partial charge in [-0.1, -0.05) is 43.4 Å². The van der Waals surface area contributed by atoms with Crippen molar-refractivity contribution in [3.63, 3.8) is 0 Å². The number of hydrogen-bond donors (Lipinski definition) is 3. The first-order valence-electron chi connectivity index (χ1n) is 9.18. The molecule has 29 heavy (non-hydrogen) atoms. The van der Waals surface area contributed by atoms with Crippen LogP contribution < -0.4 is 16.0 Å². The Hall–Kier alpha value is -3.26. The van der Waals surface area contributed by atoms with E-state index in [9.17, 15) is 14.4 Å². The highest BCUT2D eigenvalue weighted by Crippen LogP contribution is 2.28. The lowest BCUT2D eigenvalue weighted by Crippen LogP contribution is -2.47. The number of nitrogens with zero attached hydrogens (tertiary/aromatic N) is 1. The van der Waals surface area contributed by atoms with E-state index in [0.29, 0.717) is 21.9 Å². The molecule has 2 aromatic carbocycles. The molecule has 0 bridgehead atoms. The summed E-state index contributed by atoms with van der Waals surface area (Å²) in [4.78, 5) is 40.9. The maximum Gasteiger partial charge on any atom is 0.251 e. The maximum atomic E-state index is 12.8. The Balaban J connectivity index is 1.74. The number of benzene rings is 2. The maximum absolute atomic E-state index is 12.8. The van der Waals surface area contributed by atoms with Gasteiger partial charge in [0.05, 0.1) is 10.2 Å². The molecule has 3 N–H and O–H groups in total. The van der Waals surface area contributed by atoms with E-state index < -0.39 is 6.04 Å². The van der Waals surface area contributed by atoms with Crippen LogP contribution in [0.4, 0.5) is 10.8 Å². The second-order valence-corrected chi connectivity index (χ2v) is 7.96. The molecule has 150 valence electrons. The van der Waals surface area contributed by atoms with Crippen molar-refractivity contribution < 1.29 is 14.4 Å². The number of rotatable bonds is 6. The summed E-state index contributed by atoms with van der Waals surface area (Å²) in [7, 11) is 0. The number of fused-ring (bicyclic) bond motifs is 1. The number of amides is 3. The highest BCUT2D eigenvalue weighted by Gasteiger charge is 2.25. The summed E-state index contributed by atoms with van der Waals surface area (Å²) in [5.74, 6) is -0.895. The second-order valence-electron chi connectivity index (χ2n) is 6.93. The number of hydrogen-bond acceptors (Lipinski definition) is 5. The lowest BCUT2D eigenvalue weighted by molar-refractivity contribution is -0.119. The minimum Gasteiger partial charge on any atom is -0.340 e. The second kappa shape index (κ2) is 8.83. The van der Waals surface area contributed by atoms with E-state index in [-0.39, 0.29) is 23.6 Å². The average Bonchev–Trinajstić information content (AvgIpc) is 3.07. The molecule has 1 atom stereocenters. The Kier molecular flexibility index (Phi) is 6.23. The van der Waals surface area contributed by atoms with E-state index in [4.69, 9.17) is 0 Å². The van der Waals surface area contributed by atoms with Gasteiger partial charge in [0, 0.05) is 18.2 Å². The van der Waals surface area contributed by atoms with Crippen LogP contribution in [0, 0.1) is 5.92 Å². The van der Waals surface area contributed by atoms with E-state index in [0.717, 1.165) is 4.70 Å². The summed E-state index contributed by atoms with van der Waals surface area (Å²) >= 11 is 1.30. The number of carbonyl (C=O) groups excluding carboxylic acids is 3. The quantitative estimate of drug-likeness (QED) is 0.577. The SMILES string of the molecule is CC(=O)Nc1ccc2nc(NC(=O)C(NC(=O)c3ccccc3)C(C)C)sc2c1. The third kappa shape index (κ3) is 5.17. The first-order chi connectivity index (χ1) is 13.8. The van der Waals surface area contributed by atoms with Crippen molar-refractivity contribution in [3.8, 4) is 0 Å². The van der Waals surface area contributed by atoms with Crippen molar-refractivity contribution in [2.75, 3.05) is 10.6 Å². The zero-order valence-corrected chi connectivity index (χ0v) is 17.2. The predicted molar refractivity (Wildman–Crippen MR) is 115 cm³/mol. The molecule has 1 aromatic heterocycles. The highest BCUT2D eigenvalue weighted by molar-refractivity contribution is 7.22. The van der Waals surface area contributed by atoms with Gasteiger partial charge in [0.15, 0.2) is 5.13 Å². The highest BCUT2D eigenvalue weighted by atomic mass is 32.1. The molecule has 0 aliphatic heterocycles. The first kappa shape index (κ1) is 20.5. The summed E-state index contributed by atoms with van der Waals surface area (Å²) in [6.45, 7) is 5.18. The fraction of sp³-hybridized carbons (Fsp3) is 0.238. The molecule has 0 aliphatic carbocycles. The van der Waals surface area contributed by atoms with Gasteiger partial charge in [-0.2, -0.15) is 0 Å². The Morgan fingerprint density at radius 1 is 1.00 bits per heavy atom. The van der Waals surface area contributed by atoms with Crippen LogP contribution in [0.2, 0.25) is 0 Å². The van der Waals surface area contributed by atoms with Gasteiger partial charge in [-0.3, -0.25) is 14.4 Å². The van der Waals surface area contributed by atoms with Crippen molar-refractivity contribution in [3.05, 3.63) is 54.1 Å². The number of carbonyl (C=O) groups is 3. The van der Waals surface area contributed by atoms with Gasteiger partial charge < -0.3 is 16.0 Å². The van der Waals surface area contributed by atoms with E-state index in [2.05, 4.69) is 20.9 Å². The van der Waals surface area contributed by atoms with Gasteiger partial charge in [0.25, 0.3) is 5.91 Å². The minimum absolute atomic E-state index is 0.108. The van der Waals surface area contributed by atoms with Crippen molar-refractivity contribution in [2.45, 2.75) is 26.8 Å². The van der Waals surface area contributed by atoms with Gasteiger partial charge in [0.2, 0.25) is 11.8 Å². The van der Waals surface area contributed by atoms with E-state index in [1.165, 1.54) is 18.3 Å². The average molecular weight is 410 g/mol. The van der Waals surface area contributed by atoms with E-state index >= 15 is 0 Å². The fourth-order valence-electron chi connectivity index (χ4n) is 2.79. The number of aromatic nitrogens is 1. The molecule has 1 unspecified atom stereocenters. The lowest BCUT2D eigenvalue weighted by Gasteiger charge is -2.21. The normalized spacial score (nSPS) is 11.9. The number of nitrogens with one attached hydrogen (secondary N) is 3. The van der Waals surface area contributed by atoms with Crippen LogP contribution in [-0.4, -0.2) is 28.7 Å². The van der Waals surface area contributed by atoms with Crippen LogP contribution in [0.3, 0.4) is 0 Å². The first-order valence-corrected chi connectivity index (χ1v) is 10.00. The molecule has 1 heterocycles. The summed E-state index contributed by atoms with van der Waals surface area (Å²) in [6.07, 6.45) is 0. The topological polar surface area (TPSA) is 100 Å². The Labute approximate surface area is 172 Å². The predicted octanol–water partition coefficient (Wildman–Crippen LogP) is 3.65. The molecular weight excluding hydrogens is 388 g/mol. The Bertz CT molecular complexity index is 1050. The van der Waals surface area contributed by atoms with Crippen molar-refractivity contribution in [2.24, 2.45) is 5.92 Å². The summed E-state index contributed by atoms with van der Waals surface area (Å²) in [5.41, 5.74) is 1.88. The standard InChI is InChI=1S/C21H22N4O3S/c1-12(2)18(24-19(27)14-7-5-4-6-8-14)20(28)25-21-23-16-10-9-15(22-13(3)26)11-17(16)29-21/h4-12,18H,1-3H3,(H,22,26)(H,24,27)(H,23,25,28). The van der Waals surface area contributed by atoms with Crippen LogP contribution in [0.25, 0.3) is 10.2 Å². The Morgan fingerprint density at radius 2 is 1.72 bits per heavy atom. The molecule has 0 saturated heterocycles. The zero-order valence-electron chi connectivity index (χ0n) is 16.4. The van der Waals surface area contributed by atoms with E-state index in [1.54, 1.807) is 42.5 Å². The minimum atomic E-state index is -0.704. The molecule has 8 heteroatoms. The Morgan fingerprint density at radius 3 is 2.38 bits per heavy atom. The summed E-state index contributed by atoms with van der Waals surface area (Å²) < 4.78 is 0.834. The lowest BCUT2D eigenvalue weighted by atomic mass is 10.0. The molecule has 0 spiro atoms. The largest absolute Gasteiger partial charge is 0.340 e. The number of thiazole rings is 1. The molecule has 7 nitrogen and oxygen atoms in total. The van der Waals surface area contributed by atoms with Crippen LogP contribution in [-0.2, 0) is 9.59 Å².